The predicted octanol–water partition coefficient (Wildman–Crippen LogP) is 2.97. The molecule has 138 valence electrons. The summed E-state index contributed by atoms with van der Waals surface area (Å²) in [7, 11) is 1.58. The summed E-state index contributed by atoms with van der Waals surface area (Å²) in [5, 5.41) is 8.81. The number of amides is 1. The number of nitrogens with zero attached hydrogens (tertiary/aromatic N) is 1. The van der Waals surface area contributed by atoms with Gasteiger partial charge < -0.3 is 19.5 Å². The van der Waals surface area contributed by atoms with Crippen LogP contribution in [0.1, 0.15) is 18.4 Å². The van der Waals surface area contributed by atoms with E-state index in [4.69, 9.17) is 14.6 Å². The normalized spacial score (nSPS) is 10.2. The molecule has 2 aromatic rings. The molecular formula is C20H23NO5. The molecular weight excluding hydrogens is 334 g/mol. The number of hydrogen-bond donors (Lipinski definition) is 1. The first-order valence-electron chi connectivity index (χ1n) is 8.39. The van der Waals surface area contributed by atoms with Crippen LogP contribution in [0, 0.1) is 0 Å². The van der Waals surface area contributed by atoms with Gasteiger partial charge in [-0.25, -0.2) is 0 Å². The lowest BCUT2D eigenvalue weighted by Gasteiger charge is -2.23. The molecule has 0 radical (unpaired) electrons. The molecule has 0 bridgehead atoms. The Morgan fingerprint density at radius 3 is 2.27 bits per heavy atom. The van der Waals surface area contributed by atoms with E-state index < -0.39 is 5.97 Å². The molecule has 0 heterocycles. The standard InChI is InChI=1S/C20H23NO5/c1-25-17-9-11-18(12-10-17)26-15-19(22)21(13-5-8-20(23)24)14-16-6-3-2-4-7-16/h2-4,6-7,9-12H,5,8,13-15H2,1H3,(H,23,24). The van der Waals surface area contributed by atoms with Crippen molar-refractivity contribution in [3.8, 4) is 11.5 Å². The molecule has 26 heavy (non-hydrogen) atoms. The fraction of sp³-hybridized carbons (Fsp3) is 0.300. The highest BCUT2D eigenvalue weighted by Gasteiger charge is 2.15. The maximum Gasteiger partial charge on any atom is 0.303 e. The van der Waals surface area contributed by atoms with Crippen molar-refractivity contribution in [1.82, 2.24) is 4.90 Å². The Morgan fingerprint density at radius 1 is 1.00 bits per heavy atom. The maximum absolute atomic E-state index is 12.5. The lowest BCUT2D eigenvalue weighted by atomic mass is 10.2. The zero-order valence-electron chi connectivity index (χ0n) is 14.8. The molecule has 2 aromatic carbocycles. The first kappa shape index (κ1) is 19.3. The number of rotatable bonds is 10. The lowest BCUT2D eigenvalue weighted by molar-refractivity contribution is -0.138. The third kappa shape index (κ3) is 6.47. The molecule has 0 fully saturated rings. The van der Waals surface area contributed by atoms with Crippen molar-refractivity contribution < 1.29 is 24.2 Å². The Labute approximate surface area is 153 Å². The minimum Gasteiger partial charge on any atom is -0.497 e. The number of carbonyl (C=O) groups excluding carboxylic acids is 1. The van der Waals surface area contributed by atoms with Gasteiger partial charge in [0.15, 0.2) is 6.61 Å². The third-order valence-electron chi connectivity index (χ3n) is 3.81. The number of carbonyl (C=O) groups is 2. The molecule has 0 aliphatic heterocycles. The highest BCUT2D eigenvalue weighted by Crippen LogP contribution is 2.17. The number of carboxylic acid groups (broad SMARTS) is 1. The second-order valence-electron chi connectivity index (χ2n) is 5.76. The van der Waals surface area contributed by atoms with E-state index in [0.29, 0.717) is 31.0 Å². The van der Waals surface area contributed by atoms with Gasteiger partial charge in [-0.05, 0) is 36.2 Å². The fourth-order valence-electron chi connectivity index (χ4n) is 2.43. The van der Waals surface area contributed by atoms with Crippen LogP contribution in [-0.2, 0) is 16.1 Å². The number of hydrogen-bond acceptors (Lipinski definition) is 4. The average molecular weight is 357 g/mol. The van der Waals surface area contributed by atoms with Crippen LogP contribution in [0.15, 0.2) is 54.6 Å². The predicted molar refractivity (Wildman–Crippen MR) is 97.2 cm³/mol. The summed E-state index contributed by atoms with van der Waals surface area (Å²) >= 11 is 0. The Balaban J connectivity index is 1.95. The Morgan fingerprint density at radius 2 is 1.65 bits per heavy atom. The van der Waals surface area contributed by atoms with Crippen molar-refractivity contribution >= 4 is 11.9 Å². The van der Waals surface area contributed by atoms with Crippen LogP contribution in [0.25, 0.3) is 0 Å². The molecule has 0 spiro atoms. The molecule has 1 N–H and O–H groups in total. The minimum absolute atomic E-state index is 0.0257. The van der Waals surface area contributed by atoms with Crippen molar-refractivity contribution in [2.24, 2.45) is 0 Å². The van der Waals surface area contributed by atoms with Gasteiger partial charge in [-0.3, -0.25) is 9.59 Å². The summed E-state index contributed by atoms with van der Waals surface area (Å²) in [5.74, 6) is 0.231. The SMILES string of the molecule is COc1ccc(OCC(=O)N(CCCC(=O)O)Cc2ccccc2)cc1. The van der Waals surface area contributed by atoms with E-state index in [9.17, 15) is 9.59 Å². The fourth-order valence-corrected chi connectivity index (χ4v) is 2.43. The van der Waals surface area contributed by atoms with Gasteiger partial charge in [0.05, 0.1) is 7.11 Å². The van der Waals surface area contributed by atoms with Crippen LogP contribution in [0.5, 0.6) is 11.5 Å². The Hall–Kier alpha value is -3.02. The topological polar surface area (TPSA) is 76.1 Å². The van der Waals surface area contributed by atoms with Gasteiger partial charge in [0.25, 0.3) is 5.91 Å². The van der Waals surface area contributed by atoms with E-state index in [1.54, 1.807) is 36.3 Å². The molecule has 6 heteroatoms. The first-order chi connectivity index (χ1) is 12.6. The van der Waals surface area contributed by atoms with Crippen LogP contribution in [-0.4, -0.2) is 42.1 Å². The summed E-state index contributed by atoms with van der Waals surface area (Å²) < 4.78 is 10.6. The van der Waals surface area contributed by atoms with Gasteiger partial charge in [0.1, 0.15) is 11.5 Å². The van der Waals surface area contributed by atoms with Crippen molar-refractivity contribution in [3.05, 3.63) is 60.2 Å². The van der Waals surface area contributed by atoms with E-state index in [1.807, 2.05) is 30.3 Å². The highest BCUT2D eigenvalue weighted by molar-refractivity contribution is 5.78. The molecule has 1 amide bonds. The maximum atomic E-state index is 12.5. The molecule has 6 nitrogen and oxygen atoms in total. The molecule has 0 saturated carbocycles. The van der Waals surface area contributed by atoms with Gasteiger partial charge in [-0.2, -0.15) is 0 Å². The summed E-state index contributed by atoms with van der Waals surface area (Å²) in [5.41, 5.74) is 0.987. The van der Waals surface area contributed by atoms with Crippen molar-refractivity contribution in [3.63, 3.8) is 0 Å². The first-order valence-corrected chi connectivity index (χ1v) is 8.39. The third-order valence-corrected chi connectivity index (χ3v) is 3.81. The zero-order chi connectivity index (χ0) is 18.8. The molecule has 0 unspecified atom stereocenters. The van der Waals surface area contributed by atoms with Crippen LogP contribution >= 0.6 is 0 Å². The smallest absolute Gasteiger partial charge is 0.303 e. The van der Waals surface area contributed by atoms with Crippen LogP contribution in [0.3, 0.4) is 0 Å². The van der Waals surface area contributed by atoms with Crippen LogP contribution < -0.4 is 9.47 Å². The summed E-state index contributed by atoms with van der Waals surface area (Å²) in [4.78, 5) is 24.9. The average Bonchev–Trinajstić information content (AvgIpc) is 2.66. The summed E-state index contributed by atoms with van der Waals surface area (Å²) in [6.07, 6.45) is 0.425. The van der Waals surface area contributed by atoms with Crippen molar-refractivity contribution in [2.75, 3.05) is 20.3 Å². The number of methoxy groups -OCH3 is 1. The molecule has 2 rings (SSSR count). The molecule has 0 aliphatic rings. The van der Waals surface area contributed by atoms with Gasteiger partial charge in [0, 0.05) is 19.5 Å². The van der Waals surface area contributed by atoms with E-state index >= 15 is 0 Å². The number of aliphatic carboxylic acids is 1. The number of benzene rings is 2. The van der Waals surface area contributed by atoms with Gasteiger partial charge in [-0.15, -0.1) is 0 Å². The van der Waals surface area contributed by atoms with E-state index in [2.05, 4.69) is 0 Å². The summed E-state index contributed by atoms with van der Waals surface area (Å²) in [6.45, 7) is 0.684. The van der Waals surface area contributed by atoms with Crippen LogP contribution in [0.2, 0.25) is 0 Å². The molecule has 0 saturated heterocycles. The van der Waals surface area contributed by atoms with Gasteiger partial charge in [0.2, 0.25) is 0 Å². The zero-order valence-corrected chi connectivity index (χ0v) is 14.8. The summed E-state index contributed by atoms with van der Waals surface area (Å²) in [6, 6.07) is 16.6. The van der Waals surface area contributed by atoms with Gasteiger partial charge in [-0.1, -0.05) is 30.3 Å². The number of carboxylic acids is 1. The Bertz CT molecular complexity index is 700. The minimum atomic E-state index is -0.869. The van der Waals surface area contributed by atoms with Crippen molar-refractivity contribution in [2.45, 2.75) is 19.4 Å². The molecule has 0 atom stereocenters. The molecule has 0 aromatic heterocycles. The monoisotopic (exact) mass is 357 g/mol. The van der Waals surface area contributed by atoms with E-state index in [1.165, 1.54) is 0 Å². The van der Waals surface area contributed by atoms with Crippen molar-refractivity contribution in [1.29, 1.82) is 0 Å². The Kier molecular flexibility index (Phi) is 7.49. The van der Waals surface area contributed by atoms with E-state index in [-0.39, 0.29) is 18.9 Å². The number of ether oxygens (including phenoxy) is 2. The second-order valence-corrected chi connectivity index (χ2v) is 5.76. The molecule has 0 aliphatic carbocycles. The van der Waals surface area contributed by atoms with Crippen LogP contribution in [0.4, 0.5) is 0 Å². The van der Waals surface area contributed by atoms with E-state index in [0.717, 1.165) is 5.56 Å². The highest BCUT2D eigenvalue weighted by atomic mass is 16.5. The second kappa shape index (κ2) is 10.1. The van der Waals surface area contributed by atoms with Gasteiger partial charge >= 0.3 is 5.97 Å². The lowest BCUT2D eigenvalue weighted by Crippen LogP contribution is -2.35. The largest absolute Gasteiger partial charge is 0.497 e. The quantitative estimate of drug-likeness (QED) is 0.707.